The van der Waals surface area contributed by atoms with Crippen molar-refractivity contribution in [2.75, 3.05) is 18.2 Å². The first kappa shape index (κ1) is 37.6. The first-order valence-electron chi connectivity index (χ1n) is 14.8. The molecule has 3 aromatic carbocycles. The molecule has 1 aliphatic rings. The summed E-state index contributed by atoms with van der Waals surface area (Å²) in [6.45, 7) is 8.89. The number of nitrogens with zero attached hydrogens (tertiary/aromatic N) is 4. The van der Waals surface area contributed by atoms with Gasteiger partial charge in [-0.3, -0.25) is 14.5 Å². The molecule has 4 aromatic rings. The predicted octanol–water partition coefficient (Wildman–Crippen LogP) is 8.99. The van der Waals surface area contributed by atoms with E-state index in [0.717, 1.165) is 11.1 Å². The van der Waals surface area contributed by atoms with Crippen LogP contribution in [0.4, 0.5) is 23.2 Å². The Morgan fingerprint density at radius 2 is 1.63 bits per heavy atom. The molecule has 2 amide bonds. The van der Waals surface area contributed by atoms with E-state index in [2.05, 4.69) is 10.2 Å². The summed E-state index contributed by atoms with van der Waals surface area (Å²) in [6, 6.07) is 19.9. The van der Waals surface area contributed by atoms with Crippen molar-refractivity contribution in [3.05, 3.63) is 111 Å². The minimum Gasteiger partial charge on any atom is -0.477 e. The van der Waals surface area contributed by atoms with Gasteiger partial charge in [-0.2, -0.15) is 13.2 Å². The number of alkyl halides is 3. The van der Waals surface area contributed by atoms with Crippen LogP contribution in [0.2, 0.25) is 10.0 Å². The lowest BCUT2D eigenvalue weighted by Gasteiger charge is -2.42. The van der Waals surface area contributed by atoms with E-state index in [9.17, 15) is 27.2 Å². The van der Waals surface area contributed by atoms with Crippen molar-refractivity contribution in [2.45, 2.75) is 52.4 Å². The van der Waals surface area contributed by atoms with Gasteiger partial charge in [0.1, 0.15) is 11.6 Å². The third kappa shape index (κ3) is 9.28. The van der Waals surface area contributed by atoms with Crippen LogP contribution in [-0.4, -0.2) is 46.3 Å². The summed E-state index contributed by atoms with van der Waals surface area (Å²) in [5.41, 5.74) is 2.09. The van der Waals surface area contributed by atoms with Crippen LogP contribution in [0.3, 0.4) is 0 Å². The van der Waals surface area contributed by atoms with E-state index < -0.39 is 35.1 Å². The van der Waals surface area contributed by atoms with Crippen LogP contribution < -0.4 is 9.64 Å². The molecule has 0 saturated carbocycles. The molecular formula is C34H32Cl2F4N4O4S. The summed E-state index contributed by atoms with van der Waals surface area (Å²) in [4.78, 5) is 28.6. The Kier molecular flexibility index (Phi) is 11.9. The Hall–Kier alpha value is -4.20. The molecule has 2 heterocycles. The molecule has 0 fully saturated rings. The number of ether oxygens (including phenoxy) is 2. The van der Waals surface area contributed by atoms with Crippen molar-refractivity contribution in [3.63, 3.8) is 0 Å². The van der Waals surface area contributed by atoms with E-state index in [0.29, 0.717) is 27.1 Å². The maximum Gasteiger partial charge on any atom is 0.445 e. The molecule has 260 valence electrons. The molecule has 0 spiro atoms. The van der Waals surface area contributed by atoms with Crippen molar-refractivity contribution in [3.8, 4) is 5.19 Å². The molecule has 1 aromatic heterocycles. The van der Waals surface area contributed by atoms with Gasteiger partial charge in [0.05, 0.1) is 11.1 Å². The molecule has 0 saturated heterocycles. The zero-order valence-corrected chi connectivity index (χ0v) is 29.3. The highest BCUT2D eigenvalue weighted by Crippen LogP contribution is 2.37. The number of carbonyl (C=O) groups excluding carboxylic acids is 2. The molecule has 0 unspecified atom stereocenters. The van der Waals surface area contributed by atoms with Crippen LogP contribution in [0.25, 0.3) is 5.57 Å². The summed E-state index contributed by atoms with van der Waals surface area (Å²) in [5.74, 6) is -0.386. The van der Waals surface area contributed by atoms with Gasteiger partial charge in [0.25, 0.3) is 17.0 Å². The normalized spacial score (nSPS) is 13.6. The van der Waals surface area contributed by atoms with E-state index in [4.69, 9.17) is 32.7 Å². The highest BCUT2D eigenvalue weighted by atomic mass is 35.5. The van der Waals surface area contributed by atoms with Gasteiger partial charge >= 0.3 is 6.18 Å². The summed E-state index contributed by atoms with van der Waals surface area (Å²) in [5, 5.41) is 5.79. The Balaban J connectivity index is 0.000000221. The van der Waals surface area contributed by atoms with Gasteiger partial charge in [0, 0.05) is 21.8 Å². The number of halogens is 6. The molecule has 5 rings (SSSR count). The largest absolute Gasteiger partial charge is 0.477 e. The molecule has 49 heavy (non-hydrogen) atoms. The first-order valence-corrected chi connectivity index (χ1v) is 16.3. The summed E-state index contributed by atoms with van der Waals surface area (Å²) in [7, 11) is 0. The van der Waals surface area contributed by atoms with Gasteiger partial charge in [-0.1, -0.05) is 70.0 Å². The fourth-order valence-corrected chi connectivity index (χ4v) is 5.98. The van der Waals surface area contributed by atoms with Crippen LogP contribution in [0.15, 0.2) is 78.6 Å². The third-order valence-electron chi connectivity index (χ3n) is 7.39. The highest BCUT2D eigenvalue weighted by molar-refractivity contribution is 7.13. The Labute approximate surface area is 294 Å². The quantitative estimate of drug-likeness (QED) is 0.168. The van der Waals surface area contributed by atoms with Gasteiger partial charge in [-0.25, -0.2) is 4.39 Å². The fraction of sp³-hybridized carbons (Fsp3) is 0.294. The van der Waals surface area contributed by atoms with Crippen LogP contribution in [0.1, 0.15) is 50.8 Å². The summed E-state index contributed by atoms with van der Waals surface area (Å²) >= 11 is 12.5. The van der Waals surface area contributed by atoms with Crippen molar-refractivity contribution >= 4 is 57.6 Å². The second-order valence-electron chi connectivity index (χ2n) is 11.5. The minimum absolute atomic E-state index is 0.0731. The SMILES string of the molecule is CC(C)N(C(=O)COc1nnc(C(F)(F)F)s1)c1ccc(F)cc1.CC1=C(c2ccccc2)C(=O)N(C(C)(C)c2cc(Cl)cc(Cl)c2)CO1. The predicted molar refractivity (Wildman–Crippen MR) is 181 cm³/mol. The van der Waals surface area contributed by atoms with E-state index in [-0.39, 0.29) is 35.2 Å². The lowest BCUT2D eigenvalue weighted by Crippen LogP contribution is -2.49. The monoisotopic (exact) mass is 738 g/mol. The van der Waals surface area contributed by atoms with Crippen molar-refractivity contribution in [1.29, 1.82) is 0 Å². The molecule has 0 aliphatic carbocycles. The Morgan fingerprint density at radius 1 is 1.02 bits per heavy atom. The number of amides is 2. The molecule has 0 atom stereocenters. The van der Waals surface area contributed by atoms with Crippen LogP contribution in [-0.2, 0) is 26.0 Å². The van der Waals surface area contributed by atoms with Crippen LogP contribution >= 0.6 is 34.5 Å². The zero-order valence-electron chi connectivity index (χ0n) is 27.0. The fourth-order valence-electron chi connectivity index (χ4n) is 4.89. The number of benzene rings is 3. The molecule has 0 radical (unpaired) electrons. The molecule has 15 heteroatoms. The van der Waals surface area contributed by atoms with Gasteiger partial charge in [-0.15, -0.1) is 5.10 Å². The Morgan fingerprint density at radius 3 is 2.18 bits per heavy atom. The molecular weight excluding hydrogens is 707 g/mol. The standard InChI is InChI=1S/C20H19Cl2NO2.C14H13F4N3O2S/c1-13-18(14-7-5-4-6-8-14)19(24)23(12-25-13)20(2,3)15-9-16(21)11-17(22)10-15;1-8(2)21(10-5-3-9(15)4-6-10)11(22)7-23-13-20-19-12(24-13)14(16,17)18/h4-11H,12H2,1-3H3;3-6,8H,7H2,1-2H3. The van der Waals surface area contributed by atoms with Gasteiger partial charge < -0.3 is 14.4 Å². The van der Waals surface area contributed by atoms with E-state index in [1.54, 1.807) is 24.8 Å². The average Bonchev–Trinajstić information content (AvgIpc) is 3.51. The number of anilines is 1. The first-order chi connectivity index (χ1) is 23.0. The van der Waals surface area contributed by atoms with Gasteiger partial charge in [0.2, 0.25) is 5.01 Å². The average molecular weight is 740 g/mol. The number of aromatic nitrogens is 2. The molecule has 1 aliphatic heterocycles. The maximum atomic E-state index is 13.2. The Bertz CT molecular complexity index is 1800. The second kappa shape index (κ2) is 15.6. The van der Waals surface area contributed by atoms with E-state index >= 15 is 0 Å². The molecule has 0 bridgehead atoms. The van der Waals surface area contributed by atoms with Crippen LogP contribution in [0.5, 0.6) is 5.19 Å². The zero-order chi connectivity index (χ0) is 36.1. The molecule has 0 N–H and O–H groups in total. The smallest absolute Gasteiger partial charge is 0.445 e. The number of rotatable bonds is 8. The van der Waals surface area contributed by atoms with Gasteiger partial charge in [0.15, 0.2) is 13.3 Å². The second-order valence-corrected chi connectivity index (χ2v) is 13.3. The molecule has 8 nitrogen and oxygen atoms in total. The number of allylic oxidation sites excluding steroid dienone is 1. The van der Waals surface area contributed by atoms with E-state index in [1.807, 2.05) is 63.2 Å². The van der Waals surface area contributed by atoms with Crippen molar-refractivity contribution < 1.29 is 36.6 Å². The number of hydrogen-bond donors (Lipinski definition) is 0. The third-order valence-corrected chi connectivity index (χ3v) is 8.70. The number of hydrogen-bond acceptors (Lipinski definition) is 7. The van der Waals surface area contributed by atoms with Crippen LogP contribution in [0, 0.1) is 5.82 Å². The minimum atomic E-state index is -4.61. The van der Waals surface area contributed by atoms with Crippen molar-refractivity contribution in [2.24, 2.45) is 0 Å². The highest BCUT2D eigenvalue weighted by Gasteiger charge is 2.39. The lowest BCUT2D eigenvalue weighted by atomic mass is 9.90. The topological polar surface area (TPSA) is 84.9 Å². The van der Waals surface area contributed by atoms with Gasteiger partial charge in [-0.05, 0) is 88.2 Å². The number of carbonyl (C=O) groups is 2. The van der Waals surface area contributed by atoms with E-state index in [1.165, 1.54) is 29.2 Å². The summed E-state index contributed by atoms with van der Waals surface area (Å²) in [6.07, 6.45) is -4.61. The summed E-state index contributed by atoms with van der Waals surface area (Å²) < 4.78 is 61.1. The maximum absolute atomic E-state index is 13.2. The lowest BCUT2D eigenvalue weighted by molar-refractivity contribution is -0.139. The van der Waals surface area contributed by atoms with Crippen molar-refractivity contribution in [1.82, 2.24) is 15.1 Å².